The molecule has 1 aromatic heterocycles. The van der Waals surface area contributed by atoms with E-state index in [1.165, 1.54) is 40.2 Å². The number of halogens is 6. The molecule has 1 atom stereocenters. The van der Waals surface area contributed by atoms with Crippen LogP contribution < -0.4 is 15.0 Å². The lowest BCUT2D eigenvalue weighted by Gasteiger charge is -2.29. The molecule has 0 radical (unpaired) electrons. The molecule has 4 aromatic rings. The molecule has 16 heteroatoms. The van der Waals surface area contributed by atoms with Crippen molar-refractivity contribution in [3.05, 3.63) is 89.7 Å². The summed E-state index contributed by atoms with van der Waals surface area (Å²) in [6, 6.07) is 16.4. The first-order valence-electron chi connectivity index (χ1n) is 15.9. The van der Waals surface area contributed by atoms with Crippen LogP contribution in [0.3, 0.4) is 0 Å². The molecule has 0 fully saturated rings. The summed E-state index contributed by atoms with van der Waals surface area (Å²) < 4.78 is 82.9. The second kappa shape index (κ2) is 16.4. The van der Waals surface area contributed by atoms with Gasteiger partial charge in [-0.1, -0.05) is 57.2 Å². The lowest BCUT2D eigenvalue weighted by Crippen LogP contribution is -2.37. The SMILES string of the molecule is CCCN(C(=NC(=O)NC(C)Cc1ccc(-c2ncn(-c3ccc(OC(F)(F)F)cc3)n2)cc1)SC(=O)C(F)(F)F)c1cc(C)ccc1C(C)C. The van der Waals surface area contributed by atoms with Crippen LogP contribution in [0.1, 0.15) is 56.7 Å². The number of anilines is 1. The number of alkyl halides is 6. The van der Waals surface area contributed by atoms with Gasteiger partial charge in [-0.2, -0.15) is 18.2 Å². The Morgan fingerprint density at radius 2 is 1.65 bits per heavy atom. The molecular formula is C35H36F6N6O3S. The van der Waals surface area contributed by atoms with Crippen molar-refractivity contribution in [2.45, 2.75) is 72.0 Å². The van der Waals surface area contributed by atoms with Crippen molar-refractivity contribution in [3.8, 4) is 22.8 Å². The maximum atomic E-state index is 13.4. The number of aryl methyl sites for hydroxylation is 1. The van der Waals surface area contributed by atoms with Crippen LogP contribution in [0.2, 0.25) is 0 Å². The molecule has 3 aromatic carbocycles. The van der Waals surface area contributed by atoms with Gasteiger partial charge in [0, 0.05) is 23.8 Å². The van der Waals surface area contributed by atoms with E-state index in [1.54, 1.807) is 37.3 Å². The van der Waals surface area contributed by atoms with Crippen molar-refractivity contribution in [1.29, 1.82) is 0 Å². The first-order valence-corrected chi connectivity index (χ1v) is 16.7. The Bertz CT molecular complexity index is 1840. The fraction of sp³-hybridized carbons (Fsp3) is 0.343. The van der Waals surface area contributed by atoms with Gasteiger partial charge in [-0.25, -0.2) is 14.5 Å². The number of hydrogen-bond acceptors (Lipinski definition) is 6. The third kappa shape index (κ3) is 11.1. The molecule has 0 spiro atoms. The number of nitrogens with zero attached hydrogens (tertiary/aromatic N) is 5. The Kier molecular flexibility index (Phi) is 12.6. The summed E-state index contributed by atoms with van der Waals surface area (Å²) in [6.45, 7) is 9.48. The predicted octanol–water partition coefficient (Wildman–Crippen LogP) is 9.00. The Labute approximate surface area is 295 Å². The number of urea groups is 1. The highest BCUT2D eigenvalue weighted by molar-refractivity contribution is 8.26. The highest BCUT2D eigenvalue weighted by Crippen LogP contribution is 2.33. The number of amides is 2. The number of carbonyl (C=O) groups is 2. The molecule has 1 heterocycles. The van der Waals surface area contributed by atoms with Gasteiger partial charge < -0.3 is 15.0 Å². The molecule has 1 N–H and O–H groups in total. The maximum Gasteiger partial charge on any atom is 0.573 e. The maximum absolute atomic E-state index is 13.4. The molecule has 0 aliphatic carbocycles. The number of rotatable bonds is 10. The minimum atomic E-state index is -5.14. The van der Waals surface area contributed by atoms with Gasteiger partial charge in [0.2, 0.25) is 0 Å². The lowest BCUT2D eigenvalue weighted by atomic mass is 9.98. The van der Waals surface area contributed by atoms with Crippen LogP contribution in [0.25, 0.3) is 17.1 Å². The highest BCUT2D eigenvalue weighted by Gasteiger charge is 2.41. The fourth-order valence-electron chi connectivity index (χ4n) is 5.04. The van der Waals surface area contributed by atoms with E-state index < -0.39 is 29.7 Å². The summed E-state index contributed by atoms with van der Waals surface area (Å²) in [7, 11) is 0. The largest absolute Gasteiger partial charge is 0.573 e. The van der Waals surface area contributed by atoms with E-state index in [1.807, 2.05) is 39.8 Å². The van der Waals surface area contributed by atoms with Gasteiger partial charge in [-0.15, -0.1) is 18.3 Å². The topological polar surface area (TPSA) is 102 Å². The summed E-state index contributed by atoms with van der Waals surface area (Å²) >= 11 is -0.127. The normalized spacial score (nSPS) is 12.9. The molecule has 51 heavy (non-hydrogen) atoms. The van der Waals surface area contributed by atoms with Gasteiger partial charge in [0.15, 0.2) is 11.0 Å². The van der Waals surface area contributed by atoms with Crippen molar-refractivity contribution >= 4 is 33.8 Å². The van der Waals surface area contributed by atoms with E-state index in [9.17, 15) is 35.9 Å². The number of carbonyl (C=O) groups excluding carboxylic acids is 2. The predicted molar refractivity (Wildman–Crippen MR) is 184 cm³/mol. The van der Waals surface area contributed by atoms with Crippen LogP contribution in [0.15, 0.2) is 78.0 Å². The fourth-order valence-corrected chi connectivity index (χ4v) is 5.75. The molecule has 4 rings (SSSR count). The van der Waals surface area contributed by atoms with Gasteiger partial charge in [-0.05, 0) is 91.4 Å². The minimum absolute atomic E-state index is 0.00115. The Morgan fingerprint density at radius 1 is 0.980 bits per heavy atom. The second-order valence-electron chi connectivity index (χ2n) is 12.0. The van der Waals surface area contributed by atoms with Crippen LogP contribution >= 0.6 is 11.8 Å². The minimum Gasteiger partial charge on any atom is -0.406 e. The number of aliphatic imine (C=N–C) groups is 1. The molecule has 0 saturated heterocycles. The highest BCUT2D eigenvalue weighted by atomic mass is 32.2. The molecule has 0 bridgehead atoms. The van der Waals surface area contributed by atoms with Gasteiger partial charge in [0.05, 0.1) is 5.69 Å². The number of thioether (sulfide) groups is 1. The molecule has 272 valence electrons. The number of hydrogen-bond donors (Lipinski definition) is 1. The Hall–Kier alpha value is -4.86. The first kappa shape index (κ1) is 38.9. The lowest BCUT2D eigenvalue weighted by molar-refractivity contribution is -0.274. The molecule has 0 aliphatic heterocycles. The zero-order valence-corrected chi connectivity index (χ0v) is 29.2. The van der Waals surface area contributed by atoms with Gasteiger partial charge in [-0.3, -0.25) is 4.79 Å². The average molecular weight is 735 g/mol. The van der Waals surface area contributed by atoms with Gasteiger partial charge >= 0.3 is 23.7 Å². The van der Waals surface area contributed by atoms with E-state index >= 15 is 0 Å². The summed E-state index contributed by atoms with van der Waals surface area (Å²) in [5.41, 5.74) is 4.18. The Morgan fingerprint density at radius 3 is 2.24 bits per heavy atom. The third-order valence-electron chi connectivity index (χ3n) is 7.34. The van der Waals surface area contributed by atoms with Crippen LogP contribution in [0.5, 0.6) is 5.75 Å². The molecule has 2 amide bonds. The van der Waals surface area contributed by atoms with Gasteiger partial charge in [0.25, 0.3) is 0 Å². The average Bonchev–Trinajstić information content (AvgIpc) is 3.53. The van der Waals surface area contributed by atoms with Crippen LogP contribution in [0.4, 0.5) is 36.8 Å². The van der Waals surface area contributed by atoms with E-state index in [-0.39, 0.29) is 35.1 Å². The quantitative estimate of drug-likeness (QED) is 0.0986. The van der Waals surface area contributed by atoms with Crippen molar-refractivity contribution in [2.24, 2.45) is 4.99 Å². The van der Waals surface area contributed by atoms with Crippen LogP contribution in [-0.2, 0) is 11.2 Å². The van der Waals surface area contributed by atoms with E-state index in [2.05, 4.69) is 25.1 Å². The zero-order chi connectivity index (χ0) is 37.5. The molecular weight excluding hydrogens is 698 g/mol. The smallest absolute Gasteiger partial charge is 0.406 e. The Balaban J connectivity index is 1.48. The number of amidine groups is 1. The molecule has 9 nitrogen and oxygen atoms in total. The van der Waals surface area contributed by atoms with Crippen molar-refractivity contribution < 1.29 is 40.7 Å². The van der Waals surface area contributed by atoms with Gasteiger partial charge in [0.1, 0.15) is 12.1 Å². The van der Waals surface area contributed by atoms with Crippen molar-refractivity contribution in [3.63, 3.8) is 0 Å². The second-order valence-corrected chi connectivity index (χ2v) is 12.9. The summed E-state index contributed by atoms with van der Waals surface area (Å²) in [6.07, 6.45) is -7.68. The number of aromatic nitrogens is 3. The van der Waals surface area contributed by atoms with Crippen LogP contribution in [0, 0.1) is 6.92 Å². The van der Waals surface area contributed by atoms with Crippen molar-refractivity contribution in [2.75, 3.05) is 11.4 Å². The van der Waals surface area contributed by atoms with E-state index in [0.717, 1.165) is 16.7 Å². The summed E-state index contributed by atoms with van der Waals surface area (Å²) in [4.78, 5) is 35.1. The molecule has 0 saturated carbocycles. The third-order valence-corrected chi connectivity index (χ3v) is 8.25. The first-order chi connectivity index (χ1) is 23.9. The monoisotopic (exact) mass is 734 g/mol. The summed E-state index contributed by atoms with van der Waals surface area (Å²) in [5, 5.41) is 4.62. The number of nitrogens with one attached hydrogen (secondary N) is 1. The van der Waals surface area contributed by atoms with Crippen LogP contribution in [-0.4, -0.2) is 56.2 Å². The number of benzene rings is 3. The molecule has 0 aliphatic rings. The standard InChI is InChI=1S/C35H36F6N6O3S/c1-6-17-46(29-18-22(4)7-16-28(29)21(2)3)33(51-31(48)34(36,37)38)44-32(49)43-23(5)19-24-8-10-25(11-9-24)30-42-20-47(45-30)26-12-14-27(15-13-26)50-35(39,40)41/h7-16,18,20-21,23H,6,17,19H2,1-5H3,(H,43,49). The summed E-state index contributed by atoms with van der Waals surface area (Å²) in [5.74, 6) is -0.00727. The molecule has 1 unspecified atom stereocenters. The number of ether oxygens (including phenoxy) is 1. The van der Waals surface area contributed by atoms with E-state index in [0.29, 0.717) is 35.6 Å². The zero-order valence-electron chi connectivity index (χ0n) is 28.3. The van der Waals surface area contributed by atoms with Crippen molar-refractivity contribution in [1.82, 2.24) is 20.1 Å². The van der Waals surface area contributed by atoms with E-state index in [4.69, 9.17) is 0 Å².